The van der Waals surface area contributed by atoms with Crippen LogP contribution in [-0.2, 0) is 20.1 Å². The molecule has 1 N–H and O–H groups in total. The van der Waals surface area contributed by atoms with Gasteiger partial charge in [-0.1, -0.05) is 24.3 Å². The first-order valence-electron chi connectivity index (χ1n) is 9.47. The van der Waals surface area contributed by atoms with Crippen molar-refractivity contribution in [3.05, 3.63) is 77.1 Å². The van der Waals surface area contributed by atoms with Crippen LogP contribution in [0.2, 0.25) is 0 Å². The Balaban J connectivity index is 1.44. The van der Waals surface area contributed by atoms with E-state index in [2.05, 4.69) is 21.2 Å². The number of rotatable bonds is 5. The van der Waals surface area contributed by atoms with E-state index in [9.17, 15) is 9.50 Å². The monoisotopic (exact) mass is 381 g/mol. The Labute approximate surface area is 163 Å². The molecule has 1 aliphatic heterocycles. The van der Waals surface area contributed by atoms with Gasteiger partial charge in [0.2, 0.25) is 0 Å². The maximum Gasteiger partial charge on any atom is 0.139 e. The molecule has 0 radical (unpaired) electrons. The van der Waals surface area contributed by atoms with Gasteiger partial charge in [-0.05, 0) is 36.2 Å². The number of aryl methyl sites for hydroxylation is 2. The Hall–Kier alpha value is -2.77. The van der Waals surface area contributed by atoms with Gasteiger partial charge in [-0.3, -0.25) is 14.3 Å². The largest absolute Gasteiger partial charge is 0.380 e. The van der Waals surface area contributed by atoms with Gasteiger partial charge in [0.1, 0.15) is 11.9 Å². The van der Waals surface area contributed by atoms with Crippen LogP contribution < -0.4 is 0 Å². The third-order valence-corrected chi connectivity index (χ3v) is 5.08. The summed E-state index contributed by atoms with van der Waals surface area (Å²) in [6.07, 6.45) is 6.01. The van der Waals surface area contributed by atoms with Crippen LogP contribution in [0.15, 0.2) is 48.7 Å². The standard InChI is InChI=1S/C21H24FN5O/c1-25-20(9-10-23-25)21(28)19-14-18-15-26(12-3-13-27(18)24-19)11-2-4-16-5-7-17(22)8-6-16/h2,4-10,14,21,28H,3,11-13,15H2,1H3/b4-2+/t21-/m1/s1. The maximum atomic E-state index is 13.0. The third kappa shape index (κ3) is 4.05. The SMILES string of the molecule is Cn1nccc1[C@H](O)c1cc2n(n1)CCCN(C/C=C/c1ccc(F)cc1)C2. The second-order valence-corrected chi connectivity index (χ2v) is 7.11. The highest BCUT2D eigenvalue weighted by molar-refractivity contribution is 5.48. The van der Waals surface area contributed by atoms with Crippen LogP contribution in [0.1, 0.15) is 35.2 Å². The predicted octanol–water partition coefficient (Wildman–Crippen LogP) is 2.76. The fourth-order valence-corrected chi connectivity index (χ4v) is 3.56. The van der Waals surface area contributed by atoms with Gasteiger partial charge in [0.15, 0.2) is 0 Å². The van der Waals surface area contributed by atoms with Crippen molar-refractivity contribution in [2.75, 3.05) is 13.1 Å². The minimum atomic E-state index is -0.779. The second-order valence-electron chi connectivity index (χ2n) is 7.11. The van der Waals surface area contributed by atoms with Crippen molar-refractivity contribution in [3.8, 4) is 0 Å². The number of halogens is 1. The molecular formula is C21H24FN5O. The highest BCUT2D eigenvalue weighted by atomic mass is 19.1. The van der Waals surface area contributed by atoms with Crippen molar-refractivity contribution < 1.29 is 9.50 Å². The summed E-state index contributed by atoms with van der Waals surface area (Å²) in [5.41, 5.74) is 3.47. The Morgan fingerprint density at radius 2 is 2.04 bits per heavy atom. The normalized spacial score (nSPS) is 16.2. The van der Waals surface area contributed by atoms with E-state index in [0.29, 0.717) is 5.69 Å². The Bertz CT molecular complexity index is 960. The molecule has 0 aliphatic carbocycles. The van der Waals surface area contributed by atoms with Gasteiger partial charge in [-0.25, -0.2) is 4.39 Å². The van der Waals surface area contributed by atoms with Gasteiger partial charge in [-0.2, -0.15) is 10.2 Å². The zero-order valence-corrected chi connectivity index (χ0v) is 15.9. The number of fused-ring (bicyclic) bond motifs is 1. The first kappa shape index (κ1) is 18.6. The Morgan fingerprint density at radius 3 is 2.79 bits per heavy atom. The molecule has 4 rings (SSSR count). The van der Waals surface area contributed by atoms with Crippen LogP contribution >= 0.6 is 0 Å². The van der Waals surface area contributed by atoms with E-state index < -0.39 is 6.10 Å². The fraction of sp³-hybridized carbons (Fsp3) is 0.333. The van der Waals surface area contributed by atoms with Crippen LogP contribution in [0.5, 0.6) is 0 Å². The number of aliphatic hydroxyl groups excluding tert-OH is 1. The van der Waals surface area contributed by atoms with Crippen molar-refractivity contribution in [2.45, 2.75) is 25.6 Å². The van der Waals surface area contributed by atoms with Gasteiger partial charge < -0.3 is 5.11 Å². The topological polar surface area (TPSA) is 59.1 Å². The summed E-state index contributed by atoms with van der Waals surface area (Å²) in [5, 5.41) is 19.4. The molecule has 1 atom stereocenters. The summed E-state index contributed by atoms with van der Waals surface area (Å²) in [7, 11) is 1.81. The Morgan fingerprint density at radius 1 is 1.21 bits per heavy atom. The average Bonchev–Trinajstić information content (AvgIpc) is 3.24. The van der Waals surface area contributed by atoms with Crippen molar-refractivity contribution in [1.82, 2.24) is 24.5 Å². The molecule has 6 nitrogen and oxygen atoms in total. The quantitative estimate of drug-likeness (QED) is 0.738. The lowest BCUT2D eigenvalue weighted by Crippen LogP contribution is -2.23. The van der Waals surface area contributed by atoms with Crippen LogP contribution in [-0.4, -0.2) is 42.7 Å². The molecule has 0 saturated heterocycles. The van der Waals surface area contributed by atoms with Crippen molar-refractivity contribution in [3.63, 3.8) is 0 Å². The van der Waals surface area contributed by atoms with E-state index in [1.165, 1.54) is 12.1 Å². The predicted molar refractivity (Wildman–Crippen MR) is 105 cm³/mol. The fourth-order valence-electron chi connectivity index (χ4n) is 3.56. The van der Waals surface area contributed by atoms with Gasteiger partial charge in [0.25, 0.3) is 0 Å². The number of benzene rings is 1. The number of aliphatic hydroxyl groups is 1. The Kier molecular flexibility index (Phi) is 5.36. The summed E-state index contributed by atoms with van der Waals surface area (Å²) in [6, 6.07) is 10.3. The van der Waals surface area contributed by atoms with Crippen LogP contribution in [0.3, 0.4) is 0 Å². The van der Waals surface area contributed by atoms with E-state index in [1.807, 2.05) is 29.9 Å². The number of nitrogens with zero attached hydrogens (tertiary/aromatic N) is 5. The zero-order valence-electron chi connectivity index (χ0n) is 15.9. The maximum absolute atomic E-state index is 13.0. The molecule has 3 heterocycles. The minimum absolute atomic E-state index is 0.220. The van der Waals surface area contributed by atoms with E-state index in [1.54, 1.807) is 23.0 Å². The molecular weight excluding hydrogens is 357 g/mol. The summed E-state index contributed by atoms with van der Waals surface area (Å²) in [6.45, 7) is 3.41. The minimum Gasteiger partial charge on any atom is -0.380 e. The van der Waals surface area contributed by atoms with Gasteiger partial charge >= 0.3 is 0 Å². The first-order valence-corrected chi connectivity index (χ1v) is 9.47. The molecule has 2 aromatic heterocycles. The van der Waals surface area contributed by atoms with E-state index in [4.69, 9.17) is 0 Å². The molecule has 0 unspecified atom stereocenters. The molecule has 0 fully saturated rings. The molecule has 0 saturated carbocycles. The van der Waals surface area contributed by atoms with Crippen LogP contribution in [0.25, 0.3) is 6.08 Å². The van der Waals surface area contributed by atoms with E-state index >= 15 is 0 Å². The van der Waals surface area contributed by atoms with Crippen molar-refractivity contribution in [1.29, 1.82) is 0 Å². The molecule has 146 valence electrons. The number of hydrogen-bond acceptors (Lipinski definition) is 4. The second kappa shape index (κ2) is 8.08. The lowest BCUT2D eigenvalue weighted by atomic mass is 10.2. The van der Waals surface area contributed by atoms with Gasteiger partial charge in [0, 0.05) is 39.4 Å². The average molecular weight is 381 g/mol. The smallest absolute Gasteiger partial charge is 0.139 e. The van der Waals surface area contributed by atoms with Crippen LogP contribution in [0, 0.1) is 5.82 Å². The molecule has 1 aliphatic rings. The van der Waals surface area contributed by atoms with Crippen molar-refractivity contribution in [2.24, 2.45) is 7.05 Å². The summed E-state index contributed by atoms with van der Waals surface area (Å²) >= 11 is 0. The highest BCUT2D eigenvalue weighted by Crippen LogP contribution is 2.23. The molecule has 3 aromatic rings. The highest BCUT2D eigenvalue weighted by Gasteiger charge is 2.21. The summed E-state index contributed by atoms with van der Waals surface area (Å²) in [5.74, 6) is -0.220. The van der Waals surface area contributed by atoms with Crippen LogP contribution in [0.4, 0.5) is 4.39 Å². The van der Waals surface area contributed by atoms with E-state index in [-0.39, 0.29) is 5.82 Å². The number of aromatic nitrogens is 4. The lowest BCUT2D eigenvalue weighted by molar-refractivity contribution is 0.203. The van der Waals surface area contributed by atoms with Crippen molar-refractivity contribution >= 4 is 6.08 Å². The zero-order chi connectivity index (χ0) is 19.5. The molecule has 0 bridgehead atoms. The lowest BCUT2D eigenvalue weighted by Gasteiger charge is -2.17. The molecule has 7 heteroatoms. The first-order chi connectivity index (χ1) is 13.6. The van der Waals surface area contributed by atoms with Gasteiger partial charge in [-0.15, -0.1) is 0 Å². The summed E-state index contributed by atoms with van der Waals surface area (Å²) < 4.78 is 16.7. The number of hydrogen-bond donors (Lipinski definition) is 1. The van der Waals surface area contributed by atoms with Gasteiger partial charge in [0.05, 0.1) is 17.1 Å². The molecule has 28 heavy (non-hydrogen) atoms. The van der Waals surface area contributed by atoms with E-state index in [0.717, 1.165) is 49.6 Å². The molecule has 1 aromatic carbocycles. The molecule has 0 amide bonds. The summed E-state index contributed by atoms with van der Waals surface area (Å²) in [4.78, 5) is 2.35. The molecule has 0 spiro atoms. The third-order valence-electron chi connectivity index (χ3n) is 5.08.